The summed E-state index contributed by atoms with van der Waals surface area (Å²) in [7, 11) is 1.41. The second-order valence-electron chi connectivity index (χ2n) is 7.00. The first-order valence-electron chi connectivity index (χ1n) is 7.96. The SMILES string of the molecule is COCC(NC[C@H](N)C(F)(F)F)c1cc(CC(=O)C(C)(C)C)nnc1Cl. The van der Waals surface area contributed by atoms with Gasteiger partial charge < -0.3 is 15.8 Å². The average molecular weight is 397 g/mol. The van der Waals surface area contributed by atoms with E-state index in [4.69, 9.17) is 22.1 Å². The van der Waals surface area contributed by atoms with E-state index in [0.717, 1.165) is 0 Å². The highest BCUT2D eigenvalue weighted by Crippen LogP contribution is 2.24. The predicted molar refractivity (Wildman–Crippen MR) is 91.9 cm³/mol. The predicted octanol–water partition coefficient (Wildman–Crippen LogP) is 2.45. The maximum Gasteiger partial charge on any atom is 0.404 e. The summed E-state index contributed by atoms with van der Waals surface area (Å²) in [6.07, 6.45) is -4.47. The Hall–Kier alpha value is -1.29. The molecule has 0 aliphatic rings. The summed E-state index contributed by atoms with van der Waals surface area (Å²) in [5.41, 5.74) is 5.35. The number of nitrogens with one attached hydrogen (secondary N) is 1. The summed E-state index contributed by atoms with van der Waals surface area (Å²) in [5.74, 6) is -0.0459. The number of hydrogen-bond acceptors (Lipinski definition) is 6. The number of halogens is 4. The van der Waals surface area contributed by atoms with E-state index >= 15 is 0 Å². The van der Waals surface area contributed by atoms with Gasteiger partial charge in [0.2, 0.25) is 0 Å². The highest BCUT2D eigenvalue weighted by molar-refractivity contribution is 6.30. The number of nitrogens with zero attached hydrogens (tertiary/aromatic N) is 2. The highest BCUT2D eigenvalue weighted by atomic mass is 35.5. The molecule has 6 nitrogen and oxygen atoms in total. The molecule has 2 atom stereocenters. The quantitative estimate of drug-likeness (QED) is 0.701. The normalized spacial score (nSPS) is 15.0. The van der Waals surface area contributed by atoms with Crippen molar-refractivity contribution in [3.05, 3.63) is 22.5 Å². The molecule has 1 heterocycles. The first-order chi connectivity index (χ1) is 11.9. The molecule has 1 unspecified atom stereocenters. The van der Waals surface area contributed by atoms with Gasteiger partial charge in [0.1, 0.15) is 11.8 Å². The fourth-order valence-corrected chi connectivity index (χ4v) is 2.23. The van der Waals surface area contributed by atoms with Gasteiger partial charge in [0.25, 0.3) is 0 Å². The molecule has 0 radical (unpaired) electrons. The third-order valence-electron chi connectivity index (χ3n) is 3.72. The van der Waals surface area contributed by atoms with Crippen molar-refractivity contribution in [2.24, 2.45) is 11.1 Å². The van der Waals surface area contributed by atoms with Gasteiger partial charge >= 0.3 is 6.18 Å². The van der Waals surface area contributed by atoms with E-state index < -0.39 is 30.2 Å². The van der Waals surface area contributed by atoms with Crippen LogP contribution in [-0.2, 0) is 16.0 Å². The van der Waals surface area contributed by atoms with E-state index in [-0.39, 0.29) is 24.0 Å². The summed E-state index contributed by atoms with van der Waals surface area (Å²) in [6.45, 7) is 4.88. The lowest BCUT2D eigenvalue weighted by Crippen LogP contribution is -2.46. The lowest BCUT2D eigenvalue weighted by atomic mass is 9.88. The van der Waals surface area contributed by atoms with Crippen molar-refractivity contribution in [1.29, 1.82) is 0 Å². The van der Waals surface area contributed by atoms with Gasteiger partial charge in [0.05, 0.1) is 24.8 Å². The molecule has 148 valence electrons. The third-order valence-corrected chi connectivity index (χ3v) is 4.01. The van der Waals surface area contributed by atoms with Crippen LogP contribution < -0.4 is 11.1 Å². The lowest BCUT2D eigenvalue weighted by Gasteiger charge is -2.23. The van der Waals surface area contributed by atoms with E-state index in [1.165, 1.54) is 7.11 Å². The fourth-order valence-electron chi connectivity index (χ4n) is 2.00. The zero-order valence-corrected chi connectivity index (χ0v) is 15.9. The van der Waals surface area contributed by atoms with Crippen LogP contribution in [0.2, 0.25) is 5.15 Å². The van der Waals surface area contributed by atoms with Crippen LogP contribution in [0.25, 0.3) is 0 Å². The first kappa shape index (κ1) is 22.8. The number of ether oxygens (including phenoxy) is 1. The van der Waals surface area contributed by atoms with Crippen molar-refractivity contribution >= 4 is 17.4 Å². The molecule has 0 spiro atoms. The molecule has 0 fully saturated rings. The molecule has 1 rings (SSSR count). The number of hydrogen-bond donors (Lipinski definition) is 2. The number of methoxy groups -OCH3 is 1. The number of Topliss-reactive ketones (excluding diaryl/α,β-unsaturated/α-hetero) is 1. The topological polar surface area (TPSA) is 90.1 Å². The molecular formula is C16H24ClF3N4O2. The Kier molecular flexibility index (Phi) is 7.94. The smallest absolute Gasteiger partial charge is 0.383 e. The van der Waals surface area contributed by atoms with Crippen molar-refractivity contribution in [3.8, 4) is 0 Å². The Balaban J connectivity index is 3.00. The number of rotatable bonds is 8. The number of ketones is 1. The van der Waals surface area contributed by atoms with Gasteiger partial charge in [-0.05, 0) is 6.07 Å². The van der Waals surface area contributed by atoms with Crippen molar-refractivity contribution in [2.75, 3.05) is 20.3 Å². The van der Waals surface area contributed by atoms with Crippen molar-refractivity contribution in [1.82, 2.24) is 15.5 Å². The standard InChI is InChI=1S/C16H24ClF3N4O2/c1-15(2,3)13(25)6-9-5-10(14(17)24-23-9)11(8-26-4)22-7-12(21)16(18,19)20/h5,11-12,22H,6-8,21H2,1-4H3/t11?,12-/m0/s1. The van der Waals surface area contributed by atoms with Gasteiger partial charge in [-0.1, -0.05) is 32.4 Å². The first-order valence-corrected chi connectivity index (χ1v) is 8.34. The molecular weight excluding hydrogens is 373 g/mol. The van der Waals surface area contributed by atoms with Crippen molar-refractivity contribution in [3.63, 3.8) is 0 Å². The number of alkyl halides is 3. The van der Waals surface area contributed by atoms with Crippen molar-refractivity contribution < 1.29 is 22.7 Å². The van der Waals surface area contributed by atoms with Crippen LogP contribution >= 0.6 is 11.6 Å². The molecule has 0 aromatic carbocycles. The largest absolute Gasteiger partial charge is 0.404 e. The van der Waals surface area contributed by atoms with Gasteiger partial charge in [-0.15, -0.1) is 5.10 Å². The van der Waals surface area contributed by atoms with E-state index in [9.17, 15) is 18.0 Å². The summed E-state index contributed by atoms with van der Waals surface area (Å²) < 4.78 is 42.9. The van der Waals surface area contributed by atoms with E-state index in [2.05, 4.69) is 15.5 Å². The van der Waals surface area contributed by atoms with Crippen LogP contribution in [0, 0.1) is 5.41 Å². The van der Waals surface area contributed by atoms with Crippen LogP contribution in [0.15, 0.2) is 6.07 Å². The fraction of sp³-hybridized carbons (Fsp3) is 0.688. The Morgan fingerprint density at radius 2 is 1.96 bits per heavy atom. The maximum atomic E-state index is 12.6. The van der Waals surface area contributed by atoms with E-state index in [1.54, 1.807) is 26.8 Å². The van der Waals surface area contributed by atoms with Gasteiger partial charge in [-0.3, -0.25) is 4.79 Å². The Morgan fingerprint density at radius 1 is 1.35 bits per heavy atom. The second-order valence-corrected chi connectivity index (χ2v) is 7.35. The summed E-state index contributed by atoms with van der Waals surface area (Å²) in [5, 5.41) is 10.4. The van der Waals surface area contributed by atoms with E-state index in [1.807, 2.05) is 0 Å². The number of carbonyl (C=O) groups excluding carboxylic acids is 1. The molecule has 0 aliphatic carbocycles. The Morgan fingerprint density at radius 3 is 2.46 bits per heavy atom. The number of aromatic nitrogens is 2. The average Bonchev–Trinajstić information content (AvgIpc) is 2.51. The van der Waals surface area contributed by atoms with Crippen LogP contribution in [-0.4, -0.2) is 48.5 Å². The third kappa shape index (κ3) is 6.79. The molecule has 26 heavy (non-hydrogen) atoms. The summed E-state index contributed by atoms with van der Waals surface area (Å²) in [4.78, 5) is 12.2. The minimum absolute atomic E-state index is 0.0205. The molecule has 0 bridgehead atoms. The minimum Gasteiger partial charge on any atom is -0.383 e. The minimum atomic E-state index is -4.52. The Labute approximate surface area is 155 Å². The molecule has 1 aromatic rings. The second kappa shape index (κ2) is 9.07. The monoisotopic (exact) mass is 396 g/mol. The zero-order valence-electron chi connectivity index (χ0n) is 15.2. The highest BCUT2D eigenvalue weighted by Gasteiger charge is 2.37. The molecule has 3 N–H and O–H groups in total. The maximum absolute atomic E-state index is 12.6. The molecule has 0 aliphatic heterocycles. The number of nitrogens with two attached hydrogens (primary N) is 1. The van der Waals surface area contributed by atoms with Gasteiger partial charge in [-0.25, -0.2) is 0 Å². The van der Waals surface area contributed by atoms with Crippen LogP contribution in [0.5, 0.6) is 0 Å². The molecule has 0 saturated heterocycles. The van der Waals surface area contributed by atoms with Crippen molar-refractivity contribution in [2.45, 2.75) is 45.5 Å². The van der Waals surface area contributed by atoms with Crippen LogP contribution in [0.4, 0.5) is 13.2 Å². The summed E-state index contributed by atoms with van der Waals surface area (Å²) in [6, 6.07) is -1.16. The van der Waals surface area contributed by atoms with Crippen LogP contribution in [0.1, 0.15) is 38.1 Å². The molecule has 10 heteroatoms. The van der Waals surface area contributed by atoms with Gasteiger partial charge in [-0.2, -0.15) is 18.3 Å². The van der Waals surface area contributed by atoms with Gasteiger partial charge in [0.15, 0.2) is 5.15 Å². The van der Waals surface area contributed by atoms with Gasteiger partial charge in [0, 0.05) is 24.6 Å². The Bertz CT molecular complexity index is 620. The van der Waals surface area contributed by atoms with E-state index in [0.29, 0.717) is 11.3 Å². The summed E-state index contributed by atoms with van der Waals surface area (Å²) >= 11 is 6.05. The lowest BCUT2D eigenvalue weighted by molar-refractivity contribution is -0.147. The van der Waals surface area contributed by atoms with Crippen LogP contribution in [0.3, 0.4) is 0 Å². The molecule has 1 aromatic heterocycles. The molecule has 0 saturated carbocycles. The number of carbonyl (C=O) groups is 1. The zero-order chi connectivity index (χ0) is 20.1. The molecule has 0 amide bonds.